The van der Waals surface area contributed by atoms with E-state index in [1.54, 1.807) is 45.0 Å². The number of carbonyl (C=O) groups is 2. The lowest BCUT2D eigenvalue weighted by Gasteiger charge is -2.21. The first kappa shape index (κ1) is 14.2. The van der Waals surface area contributed by atoms with Crippen molar-refractivity contribution in [3.63, 3.8) is 0 Å². The van der Waals surface area contributed by atoms with Crippen molar-refractivity contribution in [2.24, 2.45) is 5.92 Å². The van der Waals surface area contributed by atoms with Crippen LogP contribution in [-0.2, 0) is 14.3 Å². The Balaban J connectivity index is 2.59. The topological polar surface area (TPSA) is 52.6 Å². The van der Waals surface area contributed by atoms with Crippen molar-refractivity contribution in [2.45, 2.75) is 33.3 Å². The van der Waals surface area contributed by atoms with Gasteiger partial charge in [-0.05, 0) is 39.8 Å². The van der Waals surface area contributed by atoms with Crippen LogP contribution in [0.2, 0.25) is 0 Å². The van der Waals surface area contributed by atoms with Gasteiger partial charge in [-0.15, -0.1) is 0 Å². The lowest BCUT2D eigenvalue weighted by molar-refractivity contribution is -0.164. The van der Waals surface area contributed by atoms with E-state index in [0.29, 0.717) is 5.75 Å². The highest BCUT2D eigenvalue weighted by Crippen LogP contribution is 2.15. The summed E-state index contributed by atoms with van der Waals surface area (Å²) in [6, 6.07) is 8.62. The largest absolute Gasteiger partial charge is 0.459 e. The number of ether oxygens (including phenoxy) is 2. The highest BCUT2D eigenvalue weighted by Gasteiger charge is 2.28. The van der Waals surface area contributed by atoms with Gasteiger partial charge in [0.25, 0.3) is 0 Å². The fourth-order valence-corrected chi connectivity index (χ4v) is 1.18. The summed E-state index contributed by atoms with van der Waals surface area (Å²) in [7, 11) is 0. The first-order valence-corrected chi connectivity index (χ1v) is 5.79. The van der Waals surface area contributed by atoms with Gasteiger partial charge in [-0.2, -0.15) is 0 Å². The average Bonchev–Trinajstić information content (AvgIpc) is 2.27. The van der Waals surface area contributed by atoms with Gasteiger partial charge in [0, 0.05) is 0 Å². The summed E-state index contributed by atoms with van der Waals surface area (Å²) in [5.41, 5.74) is -0.613. The van der Waals surface area contributed by atoms with Crippen LogP contribution in [0.4, 0.5) is 0 Å². The summed E-state index contributed by atoms with van der Waals surface area (Å²) in [6.07, 6.45) is 0. The third-order valence-corrected chi connectivity index (χ3v) is 2.08. The standard InChI is InChI=1S/C14H18O4/c1-10(13(16)18-14(2,3)4)12(15)17-11-8-6-5-7-9-11/h5-10H,1-4H3. The Kier molecular flexibility index (Phi) is 4.48. The van der Waals surface area contributed by atoms with Crippen LogP contribution in [0, 0.1) is 5.92 Å². The van der Waals surface area contributed by atoms with Gasteiger partial charge >= 0.3 is 11.9 Å². The molecule has 0 bridgehead atoms. The monoisotopic (exact) mass is 250 g/mol. The molecule has 18 heavy (non-hydrogen) atoms. The highest BCUT2D eigenvalue weighted by molar-refractivity contribution is 5.95. The first-order valence-electron chi connectivity index (χ1n) is 5.79. The molecule has 0 spiro atoms. The summed E-state index contributed by atoms with van der Waals surface area (Å²) in [6.45, 7) is 6.72. The summed E-state index contributed by atoms with van der Waals surface area (Å²) >= 11 is 0. The molecule has 0 aliphatic carbocycles. The number of carbonyl (C=O) groups excluding carboxylic acids is 2. The van der Waals surface area contributed by atoms with Gasteiger partial charge in [-0.25, -0.2) is 0 Å². The summed E-state index contributed by atoms with van der Waals surface area (Å²) in [4.78, 5) is 23.4. The van der Waals surface area contributed by atoms with E-state index in [2.05, 4.69) is 0 Å². The Bertz CT molecular complexity index is 417. The van der Waals surface area contributed by atoms with Crippen molar-refractivity contribution in [3.05, 3.63) is 30.3 Å². The van der Waals surface area contributed by atoms with E-state index in [4.69, 9.17) is 9.47 Å². The predicted molar refractivity (Wildman–Crippen MR) is 67.1 cm³/mol. The number of para-hydroxylation sites is 1. The molecule has 4 nitrogen and oxygen atoms in total. The predicted octanol–water partition coefficient (Wildman–Crippen LogP) is 2.57. The fourth-order valence-electron chi connectivity index (χ4n) is 1.18. The van der Waals surface area contributed by atoms with Crippen molar-refractivity contribution in [3.8, 4) is 5.75 Å². The van der Waals surface area contributed by atoms with Gasteiger partial charge in [-0.3, -0.25) is 9.59 Å². The summed E-state index contributed by atoms with van der Waals surface area (Å²) in [5.74, 6) is -1.72. The molecular formula is C14H18O4. The van der Waals surface area contributed by atoms with Gasteiger partial charge in [0.15, 0.2) is 5.92 Å². The second-order valence-electron chi connectivity index (χ2n) is 4.99. The van der Waals surface area contributed by atoms with Gasteiger partial charge < -0.3 is 9.47 Å². The SMILES string of the molecule is CC(C(=O)Oc1ccccc1)C(=O)OC(C)(C)C. The van der Waals surface area contributed by atoms with E-state index in [1.165, 1.54) is 6.92 Å². The molecule has 0 N–H and O–H groups in total. The van der Waals surface area contributed by atoms with Crippen LogP contribution in [0.1, 0.15) is 27.7 Å². The van der Waals surface area contributed by atoms with Crippen LogP contribution in [0.15, 0.2) is 30.3 Å². The Labute approximate surface area is 107 Å². The second kappa shape index (κ2) is 5.67. The highest BCUT2D eigenvalue weighted by atomic mass is 16.6. The molecule has 0 radical (unpaired) electrons. The van der Waals surface area contributed by atoms with Crippen LogP contribution in [0.3, 0.4) is 0 Å². The number of benzene rings is 1. The maximum Gasteiger partial charge on any atom is 0.325 e. The normalized spacial score (nSPS) is 12.7. The number of rotatable bonds is 3. The molecule has 0 fully saturated rings. The molecule has 1 aromatic rings. The number of hydrogen-bond acceptors (Lipinski definition) is 4. The van der Waals surface area contributed by atoms with Crippen molar-refractivity contribution >= 4 is 11.9 Å². The van der Waals surface area contributed by atoms with Gasteiger partial charge in [0.05, 0.1) is 0 Å². The Morgan fingerprint density at radius 2 is 1.61 bits per heavy atom. The second-order valence-corrected chi connectivity index (χ2v) is 4.99. The molecule has 0 amide bonds. The van der Waals surface area contributed by atoms with Crippen LogP contribution >= 0.6 is 0 Å². The maximum atomic E-state index is 11.7. The van der Waals surface area contributed by atoms with Crippen molar-refractivity contribution in [2.75, 3.05) is 0 Å². The zero-order chi connectivity index (χ0) is 13.8. The Morgan fingerprint density at radius 1 is 1.06 bits per heavy atom. The molecule has 0 aliphatic heterocycles. The van der Waals surface area contributed by atoms with Crippen molar-refractivity contribution in [1.29, 1.82) is 0 Å². The smallest absolute Gasteiger partial charge is 0.325 e. The molecule has 1 unspecified atom stereocenters. The molecular weight excluding hydrogens is 232 g/mol. The minimum atomic E-state index is -0.940. The number of esters is 2. The van der Waals surface area contributed by atoms with E-state index in [-0.39, 0.29) is 0 Å². The van der Waals surface area contributed by atoms with E-state index in [9.17, 15) is 9.59 Å². The average molecular weight is 250 g/mol. The van der Waals surface area contributed by atoms with E-state index >= 15 is 0 Å². The summed E-state index contributed by atoms with van der Waals surface area (Å²) in [5, 5.41) is 0. The molecule has 1 rings (SSSR count). The Hall–Kier alpha value is -1.84. The van der Waals surface area contributed by atoms with Gasteiger partial charge in [0.1, 0.15) is 11.4 Å². The molecule has 1 aromatic carbocycles. The van der Waals surface area contributed by atoms with Crippen molar-refractivity contribution in [1.82, 2.24) is 0 Å². The fraction of sp³-hybridized carbons (Fsp3) is 0.429. The van der Waals surface area contributed by atoms with Gasteiger partial charge in [0.2, 0.25) is 0 Å². The van der Waals surface area contributed by atoms with Crippen LogP contribution in [0.5, 0.6) is 5.75 Å². The zero-order valence-corrected chi connectivity index (χ0v) is 11.1. The molecule has 0 aliphatic rings. The van der Waals surface area contributed by atoms with E-state index < -0.39 is 23.5 Å². The number of hydrogen-bond donors (Lipinski definition) is 0. The minimum absolute atomic E-state index is 0.415. The molecule has 1 atom stereocenters. The lowest BCUT2D eigenvalue weighted by atomic mass is 10.1. The molecule has 0 heterocycles. The van der Waals surface area contributed by atoms with E-state index in [1.807, 2.05) is 6.07 Å². The molecule has 0 saturated heterocycles. The lowest BCUT2D eigenvalue weighted by Crippen LogP contribution is -2.33. The maximum absolute atomic E-state index is 11.7. The quantitative estimate of drug-likeness (QED) is 0.470. The summed E-state index contributed by atoms with van der Waals surface area (Å²) < 4.78 is 10.2. The Morgan fingerprint density at radius 3 is 2.11 bits per heavy atom. The van der Waals surface area contributed by atoms with Crippen LogP contribution in [-0.4, -0.2) is 17.5 Å². The van der Waals surface area contributed by atoms with Crippen LogP contribution < -0.4 is 4.74 Å². The molecule has 98 valence electrons. The van der Waals surface area contributed by atoms with Gasteiger partial charge in [-0.1, -0.05) is 18.2 Å². The van der Waals surface area contributed by atoms with Crippen LogP contribution in [0.25, 0.3) is 0 Å². The minimum Gasteiger partial charge on any atom is -0.459 e. The van der Waals surface area contributed by atoms with Crippen molar-refractivity contribution < 1.29 is 19.1 Å². The third-order valence-electron chi connectivity index (χ3n) is 2.08. The molecule has 0 aromatic heterocycles. The van der Waals surface area contributed by atoms with E-state index in [0.717, 1.165) is 0 Å². The third kappa shape index (κ3) is 4.57. The first-order chi connectivity index (χ1) is 8.29. The molecule has 0 saturated carbocycles. The zero-order valence-electron chi connectivity index (χ0n) is 11.1. The molecule has 4 heteroatoms.